The van der Waals surface area contributed by atoms with Crippen LogP contribution in [0.15, 0.2) is 30.3 Å². The Kier molecular flexibility index (Phi) is 18.0. The minimum atomic E-state index is -0.985. The molecule has 0 aliphatic heterocycles. The highest BCUT2D eigenvalue weighted by Gasteiger charge is 2.24. The molecule has 0 heterocycles. The SMILES string of the molecule is CCCCCCCCCCCCCCCC(=O)N[C@H](CNC(=O)OC(C)(C)C)C(=O)OCc1ccccc1. The molecule has 0 fully saturated rings. The number of amides is 2. The van der Waals surface area contributed by atoms with E-state index in [1.165, 1.54) is 64.2 Å². The van der Waals surface area contributed by atoms with Gasteiger partial charge in [-0.3, -0.25) is 4.79 Å². The van der Waals surface area contributed by atoms with Gasteiger partial charge in [-0.05, 0) is 32.8 Å². The number of hydrogen-bond donors (Lipinski definition) is 2. The maximum absolute atomic E-state index is 12.7. The quantitative estimate of drug-likeness (QED) is 0.137. The van der Waals surface area contributed by atoms with Gasteiger partial charge in [0.15, 0.2) is 0 Å². The summed E-state index contributed by atoms with van der Waals surface area (Å²) in [4.78, 5) is 37.3. The number of carbonyl (C=O) groups is 3. The van der Waals surface area contributed by atoms with Crippen molar-refractivity contribution >= 4 is 18.0 Å². The highest BCUT2D eigenvalue weighted by molar-refractivity contribution is 5.85. The fourth-order valence-electron chi connectivity index (χ4n) is 4.09. The van der Waals surface area contributed by atoms with E-state index < -0.39 is 23.7 Å². The standard InChI is InChI=1S/C31H52N2O5/c1-5-6-7-8-9-10-11-12-13-14-15-16-20-23-28(34)33-27(24-32-30(36)38-31(2,3)4)29(35)37-25-26-21-18-17-19-22-26/h17-19,21-22,27H,5-16,20,23-25H2,1-4H3,(H,32,36)(H,33,34)/t27-/m1/s1. The molecule has 0 unspecified atom stereocenters. The van der Waals surface area contributed by atoms with Crippen molar-refractivity contribution in [3.63, 3.8) is 0 Å². The van der Waals surface area contributed by atoms with Gasteiger partial charge < -0.3 is 20.1 Å². The largest absolute Gasteiger partial charge is 0.459 e. The van der Waals surface area contributed by atoms with Gasteiger partial charge in [0.25, 0.3) is 0 Å². The zero-order valence-electron chi connectivity index (χ0n) is 24.3. The molecule has 0 aliphatic rings. The first-order valence-corrected chi connectivity index (χ1v) is 14.7. The van der Waals surface area contributed by atoms with Crippen molar-refractivity contribution in [2.75, 3.05) is 6.54 Å². The molecule has 216 valence electrons. The molecule has 1 aromatic carbocycles. The summed E-state index contributed by atoms with van der Waals surface area (Å²) in [6, 6.07) is 8.34. The molecule has 0 aliphatic carbocycles. The number of esters is 1. The van der Waals surface area contributed by atoms with Crippen molar-refractivity contribution in [1.29, 1.82) is 0 Å². The van der Waals surface area contributed by atoms with E-state index in [9.17, 15) is 14.4 Å². The van der Waals surface area contributed by atoms with Crippen LogP contribution >= 0.6 is 0 Å². The number of rotatable bonds is 20. The lowest BCUT2D eigenvalue weighted by Gasteiger charge is -2.22. The molecule has 1 atom stereocenters. The topological polar surface area (TPSA) is 93.7 Å². The average molecular weight is 533 g/mol. The molecular weight excluding hydrogens is 480 g/mol. The van der Waals surface area contributed by atoms with Gasteiger partial charge in [0, 0.05) is 6.42 Å². The van der Waals surface area contributed by atoms with Crippen LogP contribution in [-0.2, 0) is 25.7 Å². The first kappa shape index (κ1) is 33.5. The first-order chi connectivity index (χ1) is 18.2. The van der Waals surface area contributed by atoms with Crippen molar-refractivity contribution < 1.29 is 23.9 Å². The third kappa shape index (κ3) is 18.6. The van der Waals surface area contributed by atoms with Gasteiger partial charge in [-0.1, -0.05) is 114 Å². The monoisotopic (exact) mass is 532 g/mol. The van der Waals surface area contributed by atoms with E-state index in [1.54, 1.807) is 20.8 Å². The second kappa shape index (κ2) is 20.4. The Bertz CT molecular complexity index is 776. The molecule has 2 N–H and O–H groups in total. The van der Waals surface area contributed by atoms with Crippen molar-refractivity contribution in [3.05, 3.63) is 35.9 Å². The summed E-state index contributed by atoms with van der Waals surface area (Å²) in [7, 11) is 0. The van der Waals surface area contributed by atoms with Crippen LogP contribution in [0.4, 0.5) is 4.79 Å². The molecule has 7 heteroatoms. The minimum absolute atomic E-state index is 0.0946. The van der Waals surface area contributed by atoms with Crippen LogP contribution in [0, 0.1) is 0 Å². The summed E-state index contributed by atoms with van der Waals surface area (Å²) < 4.78 is 10.6. The maximum atomic E-state index is 12.7. The van der Waals surface area contributed by atoms with E-state index in [4.69, 9.17) is 9.47 Å². The molecule has 1 aromatic rings. The number of alkyl carbamates (subject to hydrolysis) is 1. The summed E-state index contributed by atoms with van der Waals surface area (Å²) >= 11 is 0. The Morgan fingerprint density at radius 2 is 1.32 bits per heavy atom. The highest BCUT2D eigenvalue weighted by Crippen LogP contribution is 2.13. The molecule has 0 saturated carbocycles. The second-order valence-electron chi connectivity index (χ2n) is 11.1. The second-order valence-corrected chi connectivity index (χ2v) is 11.1. The van der Waals surface area contributed by atoms with Gasteiger partial charge in [0.1, 0.15) is 18.2 Å². The lowest BCUT2D eigenvalue weighted by atomic mass is 10.0. The normalized spacial score (nSPS) is 12.0. The minimum Gasteiger partial charge on any atom is -0.459 e. The summed E-state index contributed by atoms with van der Waals surface area (Å²) in [5, 5.41) is 5.30. The van der Waals surface area contributed by atoms with Crippen molar-refractivity contribution in [2.45, 2.75) is 136 Å². The number of hydrogen-bond acceptors (Lipinski definition) is 5. The Morgan fingerprint density at radius 3 is 1.84 bits per heavy atom. The summed E-state index contributed by atoms with van der Waals surface area (Å²) in [6.07, 6.45) is 15.8. The van der Waals surface area contributed by atoms with Crippen molar-refractivity contribution in [1.82, 2.24) is 10.6 Å². The molecule has 0 saturated heterocycles. The lowest BCUT2D eigenvalue weighted by Crippen LogP contribution is -2.49. The van der Waals surface area contributed by atoms with Crippen LogP contribution in [0.3, 0.4) is 0 Å². The van der Waals surface area contributed by atoms with E-state index in [0.29, 0.717) is 6.42 Å². The van der Waals surface area contributed by atoms with Crippen LogP contribution in [-0.4, -0.2) is 36.2 Å². The van der Waals surface area contributed by atoms with E-state index in [1.807, 2.05) is 30.3 Å². The van der Waals surface area contributed by atoms with Gasteiger partial charge in [-0.25, -0.2) is 9.59 Å². The summed E-state index contributed by atoms with van der Waals surface area (Å²) in [5.41, 5.74) is 0.184. The fraction of sp³-hybridized carbons (Fsp3) is 0.710. The number of benzene rings is 1. The van der Waals surface area contributed by atoms with Gasteiger partial charge in [0.2, 0.25) is 5.91 Å². The van der Waals surface area contributed by atoms with Gasteiger partial charge in [-0.2, -0.15) is 0 Å². The third-order valence-corrected chi connectivity index (χ3v) is 6.20. The molecule has 2 amide bonds. The first-order valence-electron chi connectivity index (χ1n) is 14.7. The van der Waals surface area contributed by atoms with E-state index in [-0.39, 0.29) is 19.1 Å². The van der Waals surface area contributed by atoms with Crippen LogP contribution in [0.5, 0.6) is 0 Å². The van der Waals surface area contributed by atoms with Crippen molar-refractivity contribution in [3.8, 4) is 0 Å². The maximum Gasteiger partial charge on any atom is 0.407 e. The van der Waals surface area contributed by atoms with Gasteiger partial charge in [-0.15, -0.1) is 0 Å². The smallest absolute Gasteiger partial charge is 0.407 e. The summed E-state index contributed by atoms with van der Waals surface area (Å²) in [6.45, 7) is 7.52. The van der Waals surface area contributed by atoms with Crippen LogP contribution in [0.2, 0.25) is 0 Å². The Labute approximate surface area is 230 Å². The van der Waals surface area contributed by atoms with E-state index in [0.717, 1.165) is 24.8 Å². The molecule has 7 nitrogen and oxygen atoms in total. The molecule has 0 bridgehead atoms. The van der Waals surface area contributed by atoms with Crippen LogP contribution in [0.1, 0.15) is 123 Å². The van der Waals surface area contributed by atoms with Crippen LogP contribution < -0.4 is 10.6 Å². The van der Waals surface area contributed by atoms with Gasteiger partial charge in [0.05, 0.1) is 6.54 Å². The molecular formula is C31H52N2O5. The van der Waals surface area contributed by atoms with Crippen molar-refractivity contribution in [2.24, 2.45) is 0 Å². The Balaban J connectivity index is 2.32. The van der Waals surface area contributed by atoms with E-state index in [2.05, 4.69) is 17.6 Å². The zero-order valence-corrected chi connectivity index (χ0v) is 24.3. The molecule has 38 heavy (non-hydrogen) atoms. The molecule has 0 spiro atoms. The average Bonchev–Trinajstić information content (AvgIpc) is 2.87. The molecule has 0 aromatic heterocycles. The molecule has 1 rings (SSSR count). The number of unbranched alkanes of at least 4 members (excludes halogenated alkanes) is 12. The molecule has 0 radical (unpaired) electrons. The fourth-order valence-corrected chi connectivity index (χ4v) is 4.09. The Morgan fingerprint density at radius 1 is 0.789 bits per heavy atom. The predicted molar refractivity (Wildman–Crippen MR) is 153 cm³/mol. The number of ether oxygens (including phenoxy) is 2. The summed E-state index contributed by atoms with van der Waals surface area (Å²) in [5.74, 6) is -0.815. The third-order valence-electron chi connectivity index (χ3n) is 6.20. The highest BCUT2D eigenvalue weighted by atomic mass is 16.6. The Hall–Kier alpha value is -2.57. The predicted octanol–water partition coefficient (Wildman–Crippen LogP) is 7.22. The lowest BCUT2D eigenvalue weighted by molar-refractivity contribution is -0.149. The van der Waals surface area contributed by atoms with Gasteiger partial charge >= 0.3 is 12.1 Å². The number of carbonyl (C=O) groups excluding carboxylic acids is 3. The number of nitrogens with one attached hydrogen (secondary N) is 2. The zero-order chi connectivity index (χ0) is 28.1. The van der Waals surface area contributed by atoms with Crippen LogP contribution in [0.25, 0.3) is 0 Å². The van der Waals surface area contributed by atoms with E-state index >= 15 is 0 Å².